The Morgan fingerprint density at radius 3 is 2.50 bits per heavy atom. The molecule has 1 heterocycles. The number of nitrogens with zero attached hydrogens (tertiary/aromatic N) is 2. The highest BCUT2D eigenvalue weighted by Gasteiger charge is 2.38. The SMILES string of the molecule is COC(=O)C1CN(C(=O)N(C)CC(C)C(=O)O)CC1C. The fourth-order valence-electron chi connectivity index (χ4n) is 2.39. The van der Waals surface area contributed by atoms with Gasteiger partial charge in [-0.05, 0) is 5.92 Å². The first-order valence-corrected chi connectivity index (χ1v) is 6.58. The van der Waals surface area contributed by atoms with E-state index in [4.69, 9.17) is 9.84 Å². The Morgan fingerprint density at radius 2 is 2.00 bits per heavy atom. The Morgan fingerprint density at radius 1 is 1.40 bits per heavy atom. The van der Waals surface area contributed by atoms with Crippen LogP contribution in [0.1, 0.15) is 13.8 Å². The van der Waals surface area contributed by atoms with Crippen molar-refractivity contribution in [3.63, 3.8) is 0 Å². The summed E-state index contributed by atoms with van der Waals surface area (Å²) in [6.07, 6.45) is 0. The third kappa shape index (κ3) is 3.61. The first-order chi connectivity index (χ1) is 9.27. The zero-order valence-electron chi connectivity index (χ0n) is 12.3. The molecule has 0 aromatic heterocycles. The van der Waals surface area contributed by atoms with Crippen molar-refractivity contribution in [1.82, 2.24) is 9.80 Å². The van der Waals surface area contributed by atoms with E-state index in [1.165, 1.54) is 12.0 Å². The number of likely N-dealkylation sites (tertiary alicyclic amines) is 1. The van der Waals surface area contributed by atoms with Gasteiger partial charge in [-0.3, -0.25) is 9.59 Å². The third-order valence-corrected chi connectivity index (χ3v) is 3.68. The molecule has 20 heavy (non-hydrogen) atoms. The maximum Gasteiger partial charge on any atom is 0.319 e. The van der Waals surface area contributed by atoms with E-state index < -0.39 is 11.9 Å². The van der Waals surface area contributed by atoms with Crippen molar-refractivity contribution in [2.24, 2.45) is 17.8 Å². The largest absolute Gasteiger partial charge is 0.481 e. The normalized spacial score (nSPS) is 23.3. The Labute approximate surface area is 118 Å². The van der Waals surface area contributed by atoms with Crippen molar-refractivity contribution in [3.8, 4) is 0 Å². The summed E-state index contributed by atoms with van der Waals surface area (Å²) in [5, 5.41) is 8.85. The molecule has 0 radical (unpaired) electrons. The van der Waals surface area contributed by atoms with Gasteiger partial charge in [0.1, 0.15) is 0 Å². The Hall–Kier alpha value is -1.79. The predicted molar refractivity (Wildman–Crippen MR) is 71.1 cm³/mol. The molecule has 2 amide bonds. The summed E-state index contributed by atoms with van der Waals surface area (Å²) in [7, 11) is 2.90. The number of urea groups is 1. The van der Waals surface area contributed by atoms with E-state index in [1.807, 2.05) is 6.92 Å². The molecule has 7 heteroatoms. The average Bonchev–Trinajstić information content (AvgIpc) is 2.78. The van der Waals surface area contributed by atoms with E-state index in [0.29, 0.717) is 13.1 Å². The van der Waals surface area contributed by atoms with Crippen LogP contribution in [0.15, 0.2) is 0 Å². The van der Waals surface area contributed by atoms with Gasteiger partial charge in [-0.25, -0.2) is 4.79 Å². The molecule has 1 aliphatic heterocycles. The summed E-state index contributed by atoms with van der Waals surface area (Å²) >= 11 is 0. The van der Waals surface area contributed by atoms with Gasteiger partial charge in [0.15, 0.2) is 0 Å². The minimum atomic E-state index is -0.938. The van der Waals surface area contributed by atoms with Crippen LogP contribution >= 0.6 is 0 Å². The minimum absolute atomic E-state index is 0.0386. The molecule has 114 valence electrons. The van der Waals surface area contributed by atoms with Crippen LogP contribution in [0.3, 0.4) is 0 Å². The van der Waals surface area contributed by atoms with Gasteiger partial charge in [0, 0.05) is 26.7 Å². The fraction of sp³-hybridized carbons (Fsp3) is 0.769. The first-order valence-electron chi connectivity index (χ1n) is 6.58. The maximum absolute atomic E-state index is 12.2. The maximum atomic E-state index is 12.2. The van der Waals surface area contributed by atoms with E-state index in [9.17, 15) is 14.4 Å². The van der Waals surface area contributed by atoms with Crippen LogP contribution in [0.5, 0.6) is 0 Å². The van der Waals surface area contributed by atoms with Crippen molar-refractivity contribution < 1.29 is 24.2 Å². The number of aliphatic carboxylic acids is 1. The molecule has 3 unspecified atom stereocenters. The smallest absolute Gasteiger partial charge is 0.319 e. The molecule has 7 nitrogen and oxygen atoms in total. The second kappa shape index (κ2) is 6.58. The minimum Gasteiger partial charge on any atom is -0.481 e. The number of rotatable bonds is 4. The first kappa shape index (κ1) is 16.3. The second-order valence-electron chi connectivity index (χ2n) is 5.41. The zero-order valence-corrected chi connectivity index (χ0v) is 12.3. The molecule has 0 aromatic carbocycles. The number of hydrogen-bond acceptors (Lipinski definition) is 4. The number of amides is 2. The van der Waals surface area contributed by atoms with Gasteiger partial charge < -0.3 is 19.6 Å². The van der Waals surface area contributed by atoms with Gasteiger partial charge in [0.25, 0.3) is 0 Å². The summed E-state index contributed by atoms with van der Waals surface area (Å²) in [5.74, 6) is -2.15. The molecule has 1 aliphatic rings. The highest BCUT2D eigenvalue weighted by Crippen LogP contribution is 2.24. The van der Waals surface area contributed by atoms with Crippen molar-refractivity contribution in [1.29, 1.82) is 0 Å². The predicted octanol–water partition coefficient (Wildman–Crippen LogP) is 0.500. The lowest BCUT2D eigenvalue weighted by atomic mass is 9.99. The lowest BCUT2D eigenvalue weighted by Crippen LogP contribution is -2.43. The van der Waals surface area contributed by atoms with Crippen LogP contribution in [-0.4, -0.2) is 66.7 Å². The van der Waals surface area contributed by atoms with Gasteiger partial charge in [0.05, 0.1) is 18.9 Å². The zero-order chi connectivity index (χ0) is 15.4. The van der Waals surface area contributed by atoms with Gasteiger partial charge >= 0.3 is 18.0 Å². The summed E-state index contributed by atoms with van der Waals surface area (Å²) in [6, 6.07) is -0.253. The molecular formula is C13H22N2O5. The number of methoxy groups -OCH3 is 1. The van der Waals surface area contributed by atoms with Crippen LogP contribution in [0.2, 0.25) is 0 Å². The monoisotopic (exact) mass is 286 g/mol. The fourth-order valence-corrected chi connectivity index (χ4v) is 2.39. The van der Waals surface area contributed by atoms with Gasteiger partial charge in [-0.2, -0.15) is 0 Å². The lowest BCUT2D eigenvalue weighted by molar-refractivity contribution is -0.146. The molecule has 0 bridgehead atoms. The molecule has 0 aliphatic carbocycles. The highest BCUT2D eigenvalue weighted by molar-refractivity contribution is 5.79. The highest BCUT2D eigenvalue weighted by atomic mass is 16.5. The Bertz CT molecular complexity index is 398. The van der Waals surface area contributed by atoms with Crippen molar-refractivity contribution in [2.75, 3.05) is 33.8 Å². The van der Waals surface area contributed by atoms with E-state index in [2.05, 4.69) is 0 Å². The molecule has 1 fully saturated rings. The number of esters is 1. The van der Waals surface area contributed by atoms with Crippen molar-refractivity contribution in [2.45, 2.75) is 13.8 Å². The number of ether oxygens (including phenoxy) is 1. The topological polar surface area (TPSA) is 87.2 Å². The molecule has 1 N–H and O–H groups in total. The second-order valence-corrected chi connectivity index (χ2v) is 5.41. The molecular weight excluding hydrogens is 264 g/mol. The van der Waals surface area contributed by atoms with Crippen LogP contribution < -0.4 is 0 Å². The summed E-state index contributed by atoms with van der Waals surface area (Å²) in [5.41, 5.74) is 0. The molecule has 0 spiro atoms. The van der Waals surface area contributed by atoms with Crippen LogP contribution in [0.4, 0.5) is 4.79 Å². The Balaban J connectivity index is 2.61. The van der Waals surface area contributed by atoms with Crippen LogP contribution in [0, 0.1) is 17.8 Å². The average molecular weight is 286 g/mol. The third-order valence-electron chi connectivity index (χ3n) is 3.68. The number of carboxylic acid groups (broad SMARTS) is 1. The van der Waals surface area contributed by atoms with E-state index >= 15 is 0 Å². The number of carbonyl (C=O) groups is 3. The van der Waals surface area contributed by atoms with Gasteiger partial charge in [-0.15, -0.1) is 0 Å². The van der Waals surface area contributed by atoms with Crippen molar-refractivity contribution in [3.05, 3.63) is 0 Å². The Kier molecular flexibility index (Phi) is 5.35. The van der Waals surface area contributed by atoms with Gasteiger partial charge in [-0.1, -0.05) is 13.8 Å². The molecule has 0 aromatic rings. The number of hydrogen-bond donors (Lipinski definition) is 1. The quantitative estimate of drug-likeness (QED) is 0.760. The summed E-state index contributed by atoms with van der Waals surface area (Å²) < 4.78 is 4.72. The molecule has 0 saturated carbocycles. The summed E-state index contributed by atoms with van der Waals surface area (Å²) in [4.78, 5) is 37.5. The lowest BCUT2D eigenvalue weighted by Gasteiger charge is -2.25. The molecule has 1 rings (SSSR count). The number of carboxylic acids is 1. The molecule has 1 saturated heterocycles. The van der Waals surface area contributed by atoms with E-state index in [1.54, 1.807) is 18.9 Å². The molecule has 3 atom stereocenters. The van der Waals surface area contributed by atoms with E-state index in [-0.39, 0.29) is 30.4 Å². The standard InChI is InChI=1S/C13H22N2O5/c1-8-6-15(7-10(8)12(18)20-4)13(19)14(3)5-9(2)11(16)17/h8-10H,5-7H2,1-4H3,(H,16,17). The van der Waals surface area contributed by atoms with E-state index in [0.717, 1.165) is 0 Å². The number of carbonyl (C=O) groups excluding carboxylic acids is 2. The van der Waals surface area contributed by atoms with Crippen LogP contribution in [0.25, 0.3) is 0 Å². The van der Waals surface area contributed by atoms with Gasteiger partial charge in [0.2, 0.25) is 0 Å². The summed E-state index contributed by atoms with van der Waals surface area (Å²) in [6.45, 7) is 4.38. The van der Waals surface area contributed by atoms with Crippen molar-refractivity contribution >= 4 is 18.0 Å². The van der Waals surface area contributed by atoms with Crippen LogP contribution in [-0.2, 0) is 14.3 Å².